The number of carbonyl (C=O) groups is 2. The van der Waals surface area contributed by atoms with Crippen molar-refractivity contribution in [3.05, 3.63) is 95.0 Å². The van der Waals surface area contributed by atoms with Crippen molar-refractivity contribution in [2.45, 2.75) is 64.3 Å². The Bertz CT molecular complexity index is 1440. The van der Waals surface area contributed by atoms with Crippen LogP contribution in [0.15, 0.2) is 78.9 Å². The second-order valence-corrected chi connectivity index (χ2v) is 13.1. The number of halogens is 1. The molecule has 4 rings (SSSR count). The third-order valence-corrected chi connectivity index (χ3v) is 8.79. The summed E-state index contributed by atoms with van der Waals surface area (Å²) in [5.41, 5.74) is 2.06. The monoisotopic (exact) mass is 611 g/mol. The van der Waals surface area contributed by atoms with Gasteiger partial charge in [0.2, 0.25) is 21.8 Å². The summed E-state index contributed by atoms with van der Waals surface area (Å²) in [6, 6.07) is 22.6. The van der Waals surface area contributed by atoms with Crippen LogP contribution < -0.4 is 14.4 Å². The van der Waals surface area contributed by atoms with E-state index in [2.05, 4.69) is 5.32 Å². The maximum atomic E-state index is 13.8. The zero-order chi connectivity index (χ0) is 30.1. The summed E-state index contributed by atoms with van der Waals surface area (Å²) in [7, 11) is -3.84. The number of hydrogen-bond acceptors (Lipinski definition) is 5. The Morgan fingerprint density at radius 3 is 2.26 bits per heavy atom. The fraction of sp³-hybridized carbons (Fsp3) is 0.375. The molecule has 8 nitrogen and oxygen atoms in total. The van der Waals surface area contributed by atoms with Crippen molar-refractivity contribution in [3.63, 3.8) is 0 Å². The third kappa shape index (κ3) is 8.97. The van der Waals surface area contributed by atoms with E-state index in [9.17, 15) is 18.0 Å². The van der Waals surface area contributed by atoms with Crippen molar-refractivity contribution >= 4 is 39.1 Å². The Balaban J connectivity index is 1.52. The normalized spacial score (nSPS) is 14.5. The van der Waals surface area contributed by atoms with Crippen LogP contribution in [0.1, 0.15) is 50.2 Å². The van der Waals surface area contributed by atoms with Gasteiger partial charge in [0.1, 0.15) is 24.9 Å². The van der Waals surface area contributed by atoms with Gasteiger partial charge in [0, 0.05) is 17.6 Å². The van der Waals surface area contributed by atoms with Crippen LogP contribution in [0.5, 0.6) is 5.75 Å². The van der Waals surface area contributed by atoms with Gasteiger partial charge >= 0.3 is 0 Å². The lowest BCUT2D eigenvalue weighted by Gasteiger charge is -2.33. The molecular formula is C32H38ClN3O5S. The molecule has 1 aliphatic rings. The highest BCUT2D eigenvalue weighted by Crippen LogP contribution is 2.24. The van der Waals surface area contributed by atoms with Gasteiger partial charge in [-0.15, -0.1) is 0 Å². The maximum absolute atomic E-state index is 13.8. The van der Waals surface area contributed by atoms with Crippen molar-refractivity contribution in [1.29, 1.82) is 0 Å². The van der Waals surface area contributed by atoms with Gasteiger partial charge < -0.3 is 15.0 Å². The Morgan fingerprint density at radius 1 is 0.952 bits per heavy atom. The second-order valence-electron chi connectivity index (χ2n) is 10.7. The average Bonchev–Trinajstić information content (AvgIpc) is 2.98. The summed E-state index contributed by atoms with van der Waals surface area (Å²) >= 11 is 6.19. The fourth-order valence-corrected chi connectivity index (χ4v) is 6.11. The lowest BCUT2D eigenvalue weighted by atomic mass is 9.95. The molecule has 42 heavy (non-hydrogen) atoms. The zero-order valence-corrected chi connectivity index (χ0v) is 25.6. The first kappa shape index (κ1) is 31.4. The van der Waals surface area contributed by atoms with Crippen molar-refractivity contribution in [2.24, 2.45) is 0 Å². The molecule has 1 saturated carbocycles. The van der Waals surface area contributed by atoms with Gasteiger partial charge in [-0.05, 0) is 67.3 Å². The predicted octanol–water partition coefficient (Wildman–Crippen LogP) is 5.55. The standard InChI is InChI=1S/C32H38ClN3O5S/c1-24(32(38)34-28-14-7-4-8-15-28)35(21-26-12-9-13-27(33)20-26)31(37)22-36(42(2,39)40)29-16-18-30(19-17-29)41-23-25-10-5-3-6-11-25/h3,5-6,9-13,16-20,24,28H,4,7-8,14-15,21-23H2,1-2H3,(H,34,38)/t24-/m0/s1. The molecule has 0 spiro atoms. The molecule has 2 amide bonds. The molecular weight excluding hydrogens is 574 g/mol. The van der Waals surface area contributed by atoms with Gasteiger partial charge in [0.05, 0.1) is 11.9 Å². The lowest BCUT2D eigenvalue weighted by Crippen LogP contribution is -2.52. The quantitative estimate of drug-likeness (QED) is 0.290. The molecule has 224 valence electrons. The van der Waals surface area contributed by atoms with E-state index in [0.717, 1.165) is 53.8 Å². The first-order valence-corrected chi connectivity index (χ1v) is 16.4. The molecule has 3 aromatic carbocycles. The van der Waals surface area contributed by atoms with Crippen LogP contribution in [0.4, 0.5) is 5.69 Å². The van der Waals surface area contributed by atoms with Crippen LogP contribution in [0, 0.1) is 0 Å². The van der Waals surface area contributed by atoms with E-state index in [0.29, 0.717) is 23.1 Å². The number of sulfonamides is 1. The first-order valence-electron chi connectivity index (χ1n) is 14.2. The number of nitrogens with one attached hydrogen (secondary N) is 1. The van der Waals surface area contributed by atoms with E-state index >= 15 is 0 Å². The van der Waals surface area contributed by atoms with Gasteiger partial charge in [0.25, 0.3) is 0 Å². The second kappa shape index (κ2) is 14.6. The van der Waals surface area contributed by atoms with Crippen molar-refractivity contribution in [2.75, 3.05) is 17.1 Å². The smallest absolute Gasteiger partial charge is 0.244 e. The lowest BCUT2D eigenvalue weighted by molar-refractivity contribution is -0.139. The highest BCUT2D eigenvalue weighted by atomic mass is 35.5. The largest absolute Gasteiger partial charge is 0.489 e. The highest BCUT2D eigenvalue weighted by molar-refractivity contribution is 7.92. The first-order chi connectivity index (χ1) is 20.1. The fourth-order valence-electron chi connectivity index (χ4n) is 5.05. The minimum absolute atomic E-state index is 0.0759. The summed E-state index contributed by atoms with van der Waals surface area (Å²) in [5, 5.41) is 3.60. The number of rotatable bonds is 12. The Hall–Kier alpha value is -3.56. The Labute approximate surface area is 253 Å². The van der Waals surface area contributed by atoms with E-state index < -0.39 is 28.5 Å². The molecule has 1 atom stereocenters. The summed E-state index contributed by atoms with van der Waals surface area (Å²) in [6.45, 7) is 1.67. The third-order valence-electron chi connectivity index (χ3n) is 7.41. The van der Waals surface area contributed by atoms with Gasteiger partial charge in [-0.3, -0.25) is 13.9 Å². The van der Waals surface area contributed by atoms with Crippen molar-refractivity contribution in [3.8, 4) is 5.75 Å². The molecule has 0 aromatic heterocycles. The van der Waals surface area contributed by atoms with Crippen LogP contribution in [-0.2, 0) is 32.8 Å². The van der Waals surface area contributed by atoms with Crippen LogP contribution >= 0.6 is 11.6 Å². The zero-order valence-electron chi connectivity index (χ0n) is 24.0. The van der Waals surface area contributed by atoms with Crippen molar-refractivity contribution in [1.82, 2.24) is 10.2 Å². The van der Waals surface area contributed by atoms with E-state index in [1.165, 1.54) is 4.90 Å². The minimum Gasteiger partial charge on any atom is -0.489 e. The average molecular weight is 612 g/mol. The van der Waals surface area contributed by atoms with Gasteiger partial charge in [-0.2, -0.15) is 0 Å². The predicted molar refractivity (Wildman–Crippen MR) is 166 cm³/mol. The van der Waals surface area contributed by atoms with Gasteiger partial charge in [-0.25, -0.2) is 8.42 Å². The molecule has 1 fully saturated rings. The summed E-state index contributed by atoms with van der Waals surface area (Å²) in [6.07, 6.45) is 6.15. The molecule has 0 aliphatic heterocycles. The number of benzene rings is 3. The van der Waals surface area contributed by atoms with Gasteiger partial charge in [-0.1, -0.05) is 73.3 Å². The van der Waals surface area contributed by atoms with Crippen LogP contribution in [0.2, 0.25) is 5.02 Å². The number of nitrogens with zero attached hydrogens (tertiary/aromatic N) is 2. The Kier molecular flexibility index (Phi) is 10.9. The van der Waals surface area contributed by atoms with Gasteiger partial charge in [0.15, 0.2) is 0 Å². The van der Waals surface area contributed by atoms with Crippen LogP contribution in [-0.4, -0.2) is 50.0 Å². The number of ether oxygens (including phenoxy) is 1. The number of anilines is 1. The molecule has 0 bridgehead atoms. The molecule has 3 aromatic rings. The van der Waals surface area contributed by atoms with E-state index in [-0.39, 0.29) is 18.5 Å². The molecule has 0 saturated heterocycles. The van der Waals surface area contributed by atoms with Crippen LogP contribution in [0.25, 0.3) is 0 Å². The van der Waals surface area contributed by atoms with E-state index in [1.54, 1.807) is 49.4 Å². The number of amides is 2. The SMILES string of the molecule is C[C@@H](C(=O)NC1CCCCC1)N(Cc1cccc(Cl)c1)C(=O)CN(c1ccc(OCc2ccccc2)cc1)S(C)(=O)=O. The minimum atomic E-state index is -3.84. The summed E-state index contributed by atoms with van der Waals surface area (Å²) in [4.78, 5) is 28.5. The summed E-state index contributed by atoms with van der Waals surface area (Å²) < 4.78 is 32.6. The molecule has 0 heterocycles. The number of carbonyl (C=O) groups excluding carboxylic acids is 2. The Morgan fingerprint density at radius 2 is 1.62 bits per heavy atom. The molecule has 0 unspecified atom stereocenters. The van der Waals surface area contributed by atoms with Crippen LogP contribution in [0.3, 0.4) is 0 Å². The van der Waals surface area contributed by atoms with E-state index in [4.69, 9.17) is 16.3 Å². The molecule has 0 radical (unpaired) electrons. The molecule has 1 aliphatic carbocycles. The number of hydrogen-bond donors (Lipinski definition) is 1. The highest BCUT2D eigenvalue weighted by Gasteiger charge is 2.31. The molecule has 1 N–H and O–H groups in total. The van der Waals surface area contributed by atoms with Crippen molar-refractivity contribution < 1.29 is 22.7 Å². The summed E-state index contributed by atoms with van der Waals surface area (Å²) in [5.74, 6) is -0.197. The topological polar surface area (TPSA) is 96.0 Å². The van der Waals surface area contributed by atoms with E-state index in [1.807, 2.05) is 36.4 Å². The molecule has 10 heteroatoms. The maximum Gasteiger partial charge on any atom is 0.244 e.